The smallest absolute Gasteiger partial charge is 0.263 e. The highest BCUT2D eigenvalue weighted by atomic mass is 35.5. The van der Waals surface area contributed by atoms with Gasteiger partial charge in [0.25, 0.3) is 10.0 Å². The molecule has 2 aromatic carbocycles. The van der Waals surface area contributed by atoms with Crippen molar-refractivity contribution in [3.63, 3.8) is 0 Å². The van der Waals surface area contributed by atoms with E-state index in [1.54, 1.807) is 13.8 Å². The Bertz CT molecular complexity index is 1050. The van der Waals surface area contributed by atoms with E-state index in [1.165, 1.54) is 47.8 Å². The Kier molecular flexibility index (Phi) is 7.22. The molecule has 0 radical (unpaired) electrons. The van der Waals surface area contributed by atoms with Gasteiger partial charge < -0.3 is 4.74 Å². The van der Waals surface area contributed by atoms with Crippen LogP contribution in [0.1, 0.15) is 13.8 Å². The molecule has 0 amide bonds. The molecule has 0 spiro atoms. The average molecular weight is 467 g/mol. The summed E-state index contributed by atoms with van der Waals surface area (Å²) in [5, 5.41) is -0.193. The lowest BCUT2D eigenvalue weighted by Crippen LogP contribution is -2.30. The SMILES string of the molecule is CCN(CC)S(=O)(=O)c1ccc(NS(=O)(=O)c2ccc(OC)c(Cl)c2Cl)cc1. The zero-order valence-electron chi connectivity index (χ0n) is 15.4. The van der Waals surface area contributed by atoms with Gasteiger partial charge in [0.1, 0.15) is 15.7 Å². The van der Waals surface area contributed by atoms with Crippen LogP contribution in [0.5, 0.6) is 5.75 Å². The molecule has 2 aromatic rings. The minimum Gasteiger partial charge on any atom is -0.495 e. The Balaban J connectivity index is 2.33. The molecule has 2 rings (SSSR count). The molecule has 0 aliphatic rings. The van der Waals surface area contributed by atoms with E-state index in [0.717, 1.165) is 0 Å². The zero-order chi connectivity index (χ0) is 21.1. The van der Waals surface area contributed by atoms with Gasteiger partial charge in [-0.1, -0.05) is 37.0 Å². The van der Waals surface area contributed by atoms with Crippen LogP contribution >= 0.6 is 23.2 Å². The molecule has 154 valence electrons. The monoisotopic (exact) mass is 466 g/mol. The molecule has 28 heavy (non-hydrogen) atoms. The predicted molar refractivity (Wildman–Crippen MR) is 110 cm³/mol. The summed E-state index contributed by atoms with van der Waals surface area (Å²) in [5.74, 6) is 0.247. The van der Waals surface area contributed by atoms with Crippen molar-refractivity contribution in [3.05, 3.63) is 46.4 Å². The third-order valence-corrected chi connectivity index (χ3v) is 8.43. The molecule has 0 unspecified atom stereocenters. The molecular formula is C17H20Cl2N2O5S2. The number of ether oxygens (including phenoxy) is 1. The summed E-state index contributed by atoms with van der Waals surface area (Å²) in [6, 6.07) is 8.08. The van der Waals surface area contributed by atoms with Crippen LogP contribution in [0.4, 0.5) is 5.69 Å². The maximum Gasteiger partial charge on any atom is 0.263 e. The van der Waals surface area contributed by atoms with Gasteiger partial charge in [0.05, 0.1) is 17.0 Å². The minimum atomic E-state index is -4.05. The van der Waals surface area contributed by atoms with E-state index >= 15 is 0 Å². The Hall–Kier alpha value is -1.52. The molecule has 1 N–H and O–H groups in total. The molecule has 0 aliphatic heterocycles. The van der Waals surface area contributed by atoms with Crippen LogP contribution in [-0.4, -0.2) is 41.3 Å². The Morgan fingerprint density at radius 3 is 2.00 bits per heavy atom. The second kappa shape index (κ2) is 8.87. The van der Waals surface area contributed by atoms with E-state index in [2.05, 4.69) is 4.72 Å². The molecule has 11 heteroatoms. The first-order valence-electron chi connectivity index (χ1n) is 8.23. The van der Waals surface area contributed by atoms with Gasteiger partial charge in [0.2, 0.25) is 10.0 Å². The van der Waals surface area contributed by atoms with Crippen LogP contribution in [0.25, 0.3) is 0 Å². The fourth-order valence-corrected chi connectivity index (χ4v) is 5.86. The van der Waals surface area contributed by atoms with Gasteiger partial charge in [-0.25, -0.2) is 16.8 Å². The van der Waals surface area contributed by atoms with Crippen molar-refractivity contribution in [2.45, 2.75) is 23.6 Å². The van der Waals surface area contributed by atoms with Crippen LogP contribution in [0.15, 0.2) is 46.2 Å². The van der Waals surface area contributed by atoms with E-state index in [1.807, 2.05) is 0 Å². The lowest BCUT2D eigenvalue weighted by atomic mass is 10.3. The second-order valence-corrected chi connectivity index (χ2v) is 9.96. The van der Waals surface area contributed by atoms with Crippen molar-refractivity contribution in [1.82, 2.24) is 4.31 Å². The van der Waals surface area contributed by atoms with Crippen LogP contribution < -0.4 is 9.46 Å². The number of hydrogen-bond donors (Lipinski definition) is 1. The fourth-order valence-electron chi connectivity index (χ4n) is 2.50. The number of anilines is 1. The van der Waals surface area contributed by atoms with Gasteiger partial charge in [-0.15, -0.1) is 0 Å². The number of hydrogen-bond acceptors (Lipinski definition) is 5. The van der Waals surface area contributed by atoms with Gasteiger partial charge >= 0.3 is 0 Å². The highest BCUT2D eigenvalue weighted by Crippen LogP contribution is 2.37. The van der Waals surface area contributed by atoms with E-state index in [9.17, 15) is 16.8 Å². The predicted octanol–water partition coefficient (Wildman–Crippen LogP) is 3.83. The molecular weight excluding hydrogens is 447 g/mol. The van der Waals surface area contributed by atoms with Crippen LogP contribution in [0.3, 0.4) is 0 Å². The average Bonchev–Trinajstić information content (AvgIpc) is 2.64. The number of rotatable bonds is 8. The molecule has 0 fully saturated rings. The topological polar surface area (TPSA) is 92.8 Å². The number of halogens is 2. The quantitative estimate of drug-likeness (QED) is 0.637. The summed E-state index contributed by atoms with van der Waals surface area (Å²) >= 11 is 12.1. The van der Waals surface area contributed by atoms with E-state index in [-0.39, 0.29) is 31.3 Å². The Labute approximate surface area is 175 Å². The first-order valence-corrected chi connectivity index (χ1v) is 11.9. The van der Waals surface area contributed by atoms with Crippen molar-refractivity contribution in [2.24, 2.45) is 0 Å². The zero-order valence-corrected chi connectivity index (χ0v) is 18.6. The largest absolute Gasteiger partial charge is 0.495 e. The van der Waals surface area contributed by atoms with Crippen LogP contribution in [0, 0.1) is 0 Å². The Morgan fingerprint density at radius 1 is 0.929 bits per heavy atom. The van der Waals surface area contributed by atoms with E-state index in [4.69, 9.17) is 27.9 Å². The Morgan fingerprint density at radius 2 is 1.50 bits per heavy atom. The van der Waals surface area contributed by atoms with E-state index < -0.39 is 20.0 Å². The van der Waals surface area contributed by atoms with Crippen LogP contribution in [0.2, 0.25) is 10.0 Å². The van der Waals surface area contributed by atoms with Gasteiger partial charge in [0, 0.05) is 18.8 Å². The third kappa shape index (κ3) is 4.55. The highest BCUT2D eigenvalue weighted by molar-refractivity contribution is 7.92. The number of sulfonamides is 2. The summed E-state index contributed by atoms with van der Waals surface area (Å²) < 4.78 is 58.9. The van der Waals surface area contributed by atoms with Crippen molar-refractivity contribution in [2.75, 3.05) is 24.9 Å². The number of nitrogens with one attached hydrogen (secondary N) is 1. The maximum absolute atomic E-state index is 12.6. The summed E-state index contributed by atoms with van der Waals surface area (Å²) in [6.45, 7) is 4.16. The number of benzene rings is 2. The molecule has 0 saturated carbocycles. The first kappa shape index (κ1) is 22.8. The van der Waals surface area contributed by atoms with Crippen LogP contribution in [-0.2, 0) is 20.0 Å². The minimum absolute atomic E-state index is 0.0206. The lowest BCUT2D eigenvalue weighted by Gasteiger charge is -2.18. The number of nitrogens with zero attached hydrogens (tertiary/aromatic N) is 1. The molecule has 0 aliphatic carbocycles. The summed E-state index contributed by atoms with van der Waals surface area (Å²) in [5.41, 5.74) is 0.182. The molecule has 0 bridgehead atoms. The summed E-state index contributed by atoms with van der Waals surface area (Å²) in [7, 11) is -6.29. The lowest BCUT2D eigenvalue weighted by molar-refractivity contribution is 0.414. The first-order chi connectivity index (χ1) is 13.1. The highest BCUT2D eigenvalue weighted by Gasteiger charge is 2.24. The van der Waals surface area contributed by atoms with Gasteiger partial charge in [-0.05, 0) is 36.4 Å². The molecule has 0 atom stereocenters. The molecule has 7 nitrogen and oxygen atoms in total. The summed E-state index contributed by atoms with van der Waals surface area (Å²) in [6.07, 6.45) is 0. The standard InChI is InChI=1S/C17H20Cl2N2O5S2/c1-4-21(5-2)28(24,25)13-8-6-12(7-9-13)20-27(22,23)15-11-10-14(26-3)16(18)17(15)19/h6-11,20H,4-5H2,1-3H3. The van der Waals surface area contributed by atoms with Gasteiger partial charge in [-0.3, -0.25) is 4.72 Å². The summed E-state index contributed by atoms with van der Waals surface area (Å²) in [4.78, 5) is -0.149. The van der Waals surface area contributed by atoms with Crippen molar-refractivity contribution < 1.29 is 21.6 Å². The molecule has 0 aromatic heterocycles. The van der Waals surface area contributed by atoms with Gasteiger partial charge in [-0.2, -0.15) is 4.31 Å². The fraction of sp³-hybridized carbons (Fsp3) is 0.294. The van der Waals surface area contributed by atoms with Gasteiger partial charge in [0.15, 0.2) is 0 Å². The van der Waals surface area contributed by atoms with Crippen molar-refractivity contribution in [1.29, 1.82) is 0 Å². The normalized spacial score (nSPS) is 12.2. The van der Waals surface area contributed by atoms with Crippen molar-refractivity contribution in [3.8, 4) is 5.75 Å². The molecule has 0 saturated heterocycles. The third-order valence-electron chi connectivity index (χ3n) is 3.97. The molecule has 0 heterocycles. The number of methoxy groups -OCH3 is 1. The maximum atomic E-state index is 12.6. The second-order valence-electron chi connectivity index (χ2n) is 5.61. The van der Waals surface area contributed by atoms with E-state index in [0.29, 0.717) is 13.1 Å². The van der Waals surface area contributed by atoms with Crippen molar-refractivity contribution >= 4 is 48.9 Å².